The Morgan fingerprint density at radius 2 is 1.56 bits per heavy atom. The van der Waals surface area contributed by atoms with Crippen LogP contribution >= 0.6 is 11.3 Å². The second-order valence-electron chi connectivity index (χ2n) is 8.39. The smallest absolute Gasteiger partial charge is 0.283 e. The van der Waals surface area contributed by atoms with E-state index in [1.165, 1.54) is 0 Å². The zero-order chi connectivity index (χ0) is 24.1. The van der Waals surface area contributed by atoms with Gasteiger partial charge in [-0.1, -0.05) is 60.7 Å². The van der Waals surface area contributed by atoms with Crippen LogP contribution in [-0.4, -0.2) is 65.2 Å². The first-order chi connectivity index (χ1) is 16.4. The fraction of sp³-hybridized carbons (Fsp3) is 0.269. The Morgan fingerprint density at radius 3 is 2.12 bits per heavy atom. The lowest BCUT2D eigenvalue weighted by atomic mass is 9.98. The minimum Gasteiger partial charge on any atom is -0.328 e. The van der Waals surface area contributed by atoms with Crippen LogP contribution in [0.4, 0.5) is 0 Å². The van der Waals surface area contributed by atoms with E-state index in [1.54, 1.807) is 4.90 Å². The lowest BCUT2D eigenvalue weighted by molar-refractivity contribution is 0.0729. The molecule has 0 N–H and O–H groups in total. The van der Waals surface area contributed by atoms with Crippen LogP contribution in [0, 0.1) is 0 Å². The van der Waals surface area contributed by atoms with Gasteiger partial charge in [-0.25, -0.2) is 4.98 Å². The van der Waals surface area contributed by atoms with Crippen LogP contribution in [0.25, 0.3) is 0 Å². The SMILES string of the molecule is CN(C)CCN=C1CC(=O)c2sc(C(=O)N(Cc3ccccc3)Cc3ccccc3)nc2C1=O. The number of benzene rings is 2. The number of ketones is 2. The molecule has 1 aromatic heterocycles. The number of thiazole rings is 1. The van der Waals surface area contributed by atoms with Gasteiger partial charge in [0.15, 0.2) is 10.8 Å². The monoisotopic (exact) mass is 474 g/mol. The van der Waals surface area contributed by atoms with Crippen molar-refractivity contribution in [2.24, 2.45) is 4.99 Å². The highest BCUT2D eigenvalue weighted by molar-refractivity contribution is 7.16. The summed E-state index contributed by atoms with van der Waals surface area (Å²) < 4.78 is 0. The van der Waals surface area contributed by atoms with E-state index in [-0.39, 0.29) is 45.2 Å². The van der Waals surface area contributed by atoms with Gasteiger partial charge < -0.3 is 9.80 Å². The number of aromatic nitrogens is 1. The van der Waals surface area contributed by atoms with Gasteiger partial charge in [-0.15, -0.1) is 11.3 Å². The summed E-state index contributed by atoms with van der Waals surface area (Å²) in [6, 6.07) is 19.4. The predicted octanol–water partition coefficient (Wildman–Crippen LogP) is 3.76. The van der Waals surface area contributed by atoms with Crippen molar-refractivity contribution in [1.29, 1.82) is 0 Å². The summed E-state index contributed by atoms with van der Waals surface area (Å²) in [5.74, 6) is -0.882. The average Bonchev–Trinajstić information content (AvgIpc) is 3.29. The lowest BCUT2D eigenvalue weighted by Gasteiger charge is -2.22. The largest absolute Gasteiger partial charge is 0.328 e. The molecule has 34 heavy (non-hydrogen) atoms. The highest BCUT2D eigenvalue weighted by atomic mass is 32.1. The Hall–Kier alpha value is -3.49. The number of hydrogen-bond acceptors (Lipinski definition) is 7. The first-order valence-electron chi connectivity index (χ1n) is 11.1. The molecule has 1 heterocycles. The molecular weight excluding hydrogens is 448 g/mol. The van der Waals surface area contributed by atoms with E-state index in [2.05, 4.69) is 9.98 Å². The number of carbonyl (C=O) groups is 3. The first kappa shape index (κ1) is 23.7. The third-order valence-electron chi connectivity index (χ3n) is 5.44. The third kappa shape index (κ3) is 5.52. The van der Waals surface area contributed by atoms with Crippen LogP contribution < -0.4 is 0 Å². The zero-order valence-electron chi connectivity index (χ0n) is 19.2. The number of likely N-dealkylation sites (N-methyl/N-ethyl adjacent to an activating group) is 1. The molecule has 7 nitrogen and oxygen atoms in total. The van der Waals surface area contributed by atoms with E-state index < -0.39 is 0 Å². The molecule has 0 bridgehead atoms. The molecule has 8 heteroatoms. The van der Waals surface area contributed by atoms with Gasteiger partial charge in [0.1, 0.15) is 10.6 Å². The zero-order valence-corrected chi connectivity index (χ0v) is 20.0. The molecule has 0 saturated heterocycles. The molecule has 0 saturated carbocycles. The summed E-state index contributed by atoms with van der Waals surface area (Å²) in [6.07, 6.45) is -0.0488. The quantitative estimate of drug-likeness (QED) is 0.497. The second kappa shape index (κ2) is 10.6. The van der Waals surface area contributed by atoms with Gasteiger partial charge in [-0.05, 0) is 25.2 Å². The van der Waals surface area contributed by atoms with Crippen LogP contribution in [0.2, 0.25) is 0 Å². The fourth-order valence-corrected chi connectivity index (χ4v) is 4.63. The molecule has 1 aliphatic carbocycles. The van der Waals surface area contributed by atoms with E-state index in [0.717, 1.165) is 22.5 Å². The molecule has 1 amide bonds. The average molecular weight is 475 g/mol. The van der Waals surface area contributed by atoms with Gasteiger partial charge in [0.25, 0.3) is 5.91 Å². The minimum absolute atomic E-state index is 0.0487. The second-order valence-corrected chi connectivity index (χ2v) is 9.39. The van der Waals surface area contributed by atoms with Crippen molar-refractivity contribution in [3.05, 3.63) is 87.4 Å². The van der Waals surface area contributed by atoms with Gasteiger partial charge in [0.05, 0.1) is 18.7 Å². The van der Waals surface area contributed by atoms with Crippen molar-refractivity contribution in [2.45, 2.75) is 19.5 Å². The topological polar surface area (TPSA) is 82.9 Å². The molecule has 0 radical (unpaired) electrons. The van der Waals surface area contributed by atoms with Crippen LogP contribution in [0.15, 0.2) is 65.7 Å². The fourth-order valence-electron chi connectivity index (χ4n) is 3.66. The molecule has 0 atom stereocenters. The van der Waals surface area contributed by atoms with Crippen molar-refractivity contribution in [3.63, 3.8) is 0 Å². The number of Topliss-reactive ketones (excluding diaryl/α,β-unsaturated/α-hetero) is 2. The maximum atomic E-state index is 13.5. The van der Waals surface area contributed by atoms with Crippen molar-refractivity contribution < 1.29 is 14.4 Å². The molecule has 3 aromatic rings. The number of amides is 1. The Morgan fingerprint density at radius 1 is 0.971 bits per heavy atom. The van der Waals surface area contributed by atoms with Crippen molar-refractivity contribution in [1.82, 2.24) is 14.8 Å². The molecule has 0 unspecified atom stereocenters. The Labute approximate surface area is 202 Å². The van der Waals surface area contributed by atoms with Crippen LogP contribution in [0.1, 0.15) is 47.5 Å². The van der Waals surface area contributed by atoms with Gasteiger partial charge in [0.2, 0.25) is 5.78 Å². The molecule has 1 aliphatic rings. The van der Waals surface area contributed by atoms with E-state index >= 15 is 0 Å². The summed E-state index contributed by atoms with van der Waals surface area (Å²) in [5, 5.41) is 0.146. The van der Waals surface area contributed by atoms with Crippen LogP contribution in [-0.2, 0) is 13.1 Å². The normalized spacial score (nSPS) is 14.5. The van der Waals surface area contributed by atoms with Crippen molar-refractivity contribution in [3.8, 4) is 0 Å². The number of carbonyl (C=O) groups excluding carboxylic acids is 3. The van der Waals surface area contributed by atoms with Gasteiger partial charge in [-0.3, -0.25) is 19.4 Å². The first-order valence-corrected chi connectivity index (χ1v) is 11.9. The van der Waals surface area contributed by atoms with Crippen LogP contribution in [0.3, 0.4) is 0 Å². The standard InChI is InChI=1S/C26H26N4O3S/c1-29(2)14-13-27-20-15-21(31)24-22(23(20)32)28-25(34-24)26(33)30(16-18-9-5-3-6-10-18)17-19-11-7-4-8-12-19/h3-12H,13-17H2,1-2H3. The predicted molar refractivity (Wildman–Crippen MR) is 133 cm³/mol. The van der Waals surface area contributed by atoms with E-state index in [9.17, 15) is 14.4 Å². The maximum Gasteiger partial charge on any atom is 0.283 e. The summed E-state index contributed by atoms with van der Waals surface area (Å²) in [4.78, 5) is 51.8. The van der Waals surface area contributed by atoms with Crippen molar-refractivity contribution in [2.75, 3.05) is 27.2 Å². The number of fused-ring (bicyclic) bond motifs is 1. The number of aliphatic imine (C=N–C) groups is 1. The molecular formula is C26H26N4O3S. The lowest BCUT2D eigenvalue weighted by Crippen LogP contribution is -2.30. The minimum atomic E-state index is -0.360. The van der Waals surface area contributed by atoms with E-state index in [4.69, 9.17) is 0 Å². The number of rotatable bonds is 8. The Kier molecular flexibility index (Phi) is 7.40. The molecule has 2 aromatic carbocycles. The molecule has 0 spiro atoms. The number of hydrogen-bond donors (Lipinski definition) is 0. The summed E-state index contributed by atoms with van der Waals surface area (Å²) in [5.41, 5.74) is 2.23. The molecule has 0 aliphatic heterocycles. The summed E-state index contributed by atoms with van der Waals surface area (Å²) in [6.45, 7) is 1.87. The van der Waals surface area contributed by atoms with Gasteiger partial charge >= 0.3 is 0 Å². The van der Waals surface area contributed by atoms with Gasteiger partial charge in [0, 0.05) is 19.6 Å². The third-order valence-corrected chi connectivity index (χ3v) is 6.52. The highest BCUT2D eigenvalue weighted by Crippen LogP contribution is 2.28. The highest BCUT2D eigenvalue weighted by Gasteiger charge is 2.35. The molecule has 0 fully saturated rings. The summed E-state index contributed by atoms with van der Waals surface area (Å²) in [7, 11) is 3.84. The van der Waals surface area contributed by atoms with Crippen molar-refractivity contribution >= 4 is 34.5 Å². The van der Waals surface area contributed by atoms with Gasteiger partial charge in [-0.2, -0.15) is 0 Å². The van der Waals surface area contributed by atoms with E-state index in [0.29, 0.717) is 26.2 Å². The molecule has 174 valence electrons. The van der Waals surface area contributed by atoms with Crippen LogP contribution in [0.5, 0.6) is 0 Å². The Balaban J connectivity index is 1.61. The van der Waals surface area contributed by atoms with E-state index in [1.807, 2.05) is 79.7 Å². The maximum absolute atomic E-state index is 13.5. The summed E-state index contributed by atoms with van der Waals surface area (Å²) >= 11 is 1.000. The molecule has 4 rings (SSSR count). The number of nitrogens with zero attached hydrogens (tertiary/aromatic N) is 4. The Bertz CT molecular complexity index is 1180.